The molecule has 72 heavy (non-hydrogen) atoms. The highest BCUT2D eigenvalue weighted by atomic mass is 32.2. The van der Waals surface area contributed by atoms with Gasteiger partial charge in [0.15, 0.2) is 12.3 Å². The molecule has 20 nitrogen and oxygen atoms in total. The van der Waals surface area contributed by atoms with E-state index < -0.39 is 95.2 Å². The van der Waals surface area contributed by atoms with E-state index in [2.05, 4.69) is 16.2 Å². The molecule has 0 saturated carbocycles. The fraction of sp³-hybridized carbons (Fsp3) is 0.255. The zero-order valence-electron chi connectivity index (χ0n) is 38.9. The van der Waals surface area contributed by atoms with Crippen LogP contribution in [0, 0.1) is 19.3 Å². The van der Waals surface area contributed by atoms with Gasteiger partial charge < -0.3 is 10.2 Å². The van der Waals surface area contributed by atoms with Gasteiger partial charge in [-0.3, -0.25) is 32.5 Å². The fourth-order valence-electron chi connectivity index (χ4n) is 9.39. The fourth-order valence-corrected chi connectivity index (χ4v) is 12.2. The summed E-state index contributed by atoms with van der Waals surface area (Å²) in [5, 5.41) is 3.41. The van der Waals surface area contributed by atoms with E-state index in [-0.39, 0.29) is 56.8 Å². The number of benzene rings is 4. The van der Waals surface area contributed by atoms with Gasteiger partial charge in [0.2, 0.25) is 5.69 Å². The number of pyridine rings is 1. The lowest BCUT2D eigenvalue weighted by atomic mass is 9.78. The number of nitrogens with zero attached hydrogens (tertiary/aromatic N) is 3. The van der Waals surface area contributed by atoms with Gasteiger partial charge in [-0.15, -0.1) is 6.42 Å². The molecule has 1 amide bonds. The molecule has 0 atom stereocenters. The second kappa shape index (κ2) is 18.7. The van der Waals surface area contributed by atoms with Crippen LogP contribution in [0.25, 0.3) is 27.1 Å². The quantitative estimate of drug-likeness (QED) is 0.0336. The predicted molar refractivity (Wildman–Crippen MR) is 269 cm³/mol. The molecule has 0 unspecified atom stereocenters. The van der Waals surface area contributed by atoms with E-state index in [1.165, 1.54) is 47.5 Å². The molecule has 2 aliphatic heterocycles. The van der Waals surface area contributed by atoms with E-state index in [4.69, 9.17) is 6.42 Å². The van der Waals surface area contributed by atoms with Gasteiger partial charge in [0.05, 0.1) is 38.8 Å². The van der Waals surface area contributed by atoms with Gasteiger partial charge in [-0.05, 0) is 109 Å². The van der Waals surface area contributed by atoms with Crippen LogP contribution >= 0.6 is 0 Å². The summed E-state index contributed by atoms with van der Waals surface area (Å²) in [5.41, 5.74) is 0.986. The molecule has 2 aliphatic rings. The standard InChI is InChI=1S/C47H46N4O16S5/c1-7-18-48-45(52)30-8-13-37(49-27-30)29(9-16-41-46(3,4)43-35-24-31(70(59,60)61)23-28(2)33(35)11-14-38(43)50(41)19-21-68(53,54)55)10-17-42-47(5,6)44-36-25-32(71(62,63)64)26-40(72(65,66)67)34(36)12-15-39(44)51(42)20-22-69(56,57)58/h1,8-17,23-27H,18-22H2,2-6H3,(H5-,48,52,53,54,55,56,57,58,59,60,61,62,63,64,65,66,67)/p+1. The van der Waals surface area contributed by atoms with E-state index in [9.17, 15) is 69.6 Å². The van der Waals surface area contributed by atoms with Crippen LogP contribution in [-0.4, -0.2) is 117 Å². The van der Waals surface area contributed by atoms with Gasteiger partial charge >= 0.3 is 0 Å². The maximum absolute atomic E-state index is 12.9. The Morgan fingerprint density at radius 2 is 1.36 bits per heavy atom. The van der Waals surface area contributed by atoms with Crippen LogP contribution in [0.4, 0.5) is 11.4 Å². The molecule has 3 heterocycles. The number of aromatic nitrogens is 1. The van der Waals surface area contributed by atoms with Gasteiger partial charge in [0.1, 0.15) is 10.6 Å². The molecule has 0 radical (unpaired) electrons. The molecular formula is C47H47N4O16S5+. The molecular weight excluding hydrogens is 1040 g/mol. The van der Waals surface area contributed by atoms with Crippen molar-refractivity contribution in [3.63, 3.8) is 0 Å². The maximum Gasteiger partial charge on any atom is 0.295 e. The lowest BCUT2D eigenvalue weighted by Crippen LogP contribution is -2.30. The second-order valence-corrected chi connectivity index (χ2v) is 25.4. The molecule has 0 bridgehead atoms. The van der Waals surface area contributed by atoms with Crippen molar-refractivity contribution in [3.8, 4) is 12.3 Å². The van der Waals surface area contributed by atoms with Crippen molar-refractivity contribution in [2.75, 3.05) is 36.0 Å². The first-order valence-electron chi connectivity index (χ1n) is 21.4. The summed E-state index contributed by atoms with van der Waals surface area (Å²) in [6, 6.07) is 13.3. The molecule has 6 N–H and O–H groups in total. The lowest BCUT2D eigenvalue weighted by Gasteiger charge is -2.27. The highest BCUT2D eigenvalue weighted by Gasteiger charge is 2.47. The number of fused-ring (bicyclic) bond motifs is 6. The summed E-state index contributed by atoms with van der Waals surface area (Å²) in [5.74, 6) is 0.213. The Bertz CT molecular complexity index is 3930. The van der Waals surface area contributed by atoms with Crippen molar-refractivity contribution in [2.24, 2.45) is 0 Å². The van der Waals surface area contributed by atoms with Crippen molar-refractivity contribution in [3.05, 3.63) is 125 Å². The number of terminal acetylenes is 1. The van der Waals surface area contributed by atoms with Crippen LogP contribution in [0.15, 0.2) is 112 Å². The second-order valence-electron chi connectivity index (χ2n) is 18.0. The van der Waals surface area contributed by atoms with Crippen molar-refractivity contribution in [1.29, 1.82) is 0 Å². The van der Waals surface area contributed by atoms with E-state index in [0.717, 1.165) is 6.07 Å². The zero-order chi connectivity index (χ0) is 53.3. The minimum atomic E-state index is -5.12. The Kier molecular flexibility index (Phi) is 13.9. The molecule has 25 heteroatoms. The van der Waals surface area contributed by atoms with Gasteiger partial charge in [-0.2, -0.15) is 46.7 Å². The molecule has 5 aromatic rings. The maximum atomic E-state index is 12.9. The first-order chi connectivity index (χ1) is 33.1. The summed E-state index contributed by atoms with van der Waals surface area (Å²) >= 11 is 0. The number of allylic oxidation sites excluding steroid dienone is 6. The minimum absolute atomic E-state index is 0.0548. The molecule has 7 rings (SSSR count). The Balaban J connectivity index is 1.49. The zero-order valence-corrected chi connectivity index (χ0v) is 43.0. The van der Waals surface area contributed by atoms with Crippen LogP contribution in [0.2, 0.25) is 0 Å². The normalized spacial score (nSPS) is 16.7. The monoisotopic (exact) mass is 1080 g/mol. The van der Waals surface area contributed by atoms with Gasteiger partial charge in [0, 0.05) is 58.2 Å². The molecule has 0 fully saturated rings. The summed E-state index contributed by atoms with van der Waals surface area (Å²) in [6.07, 6.45) is 13.0. The van der Waals surface area contributed by atoms with Crippen molar-refractivity contribution in [1.82, 2.24) is 10.3 Å². The third kappa shape index (κ3) is 10.6. The molecule has 4 aromatic carbocycles. The van der Waals surface area contributed by atoms with E-state index in [0.29, 0.717) is 45.1 Å². The highest BCUT2D eigenvalue weighted by Crippen LogP contribution is 2.52. The average Bonchev–Trinajstić information content (AvgIpc) is 3.62. The first kappa shape index (κ1) is 53.6. The summed E-state index contributed by atoms with van der Waals surface area (Å²) in [6.45, 7) is 7.81. The number of aryl methyl sites for hydroxylation is 1. The third-order valence-electron chi connectivity index (χ3n) is 12.6. The van der Waals surface area contributed by atoms with Gasteiger partial charge in [-0.1, -0.05) is 31.9 Å². The Hall–Kier alpha value is -6.18. The SMILES string of the molecule is C#CCNC(=O)c1ccc(C(=C\C=C2\N(CCS(=O)(=O)O)c3ccc4c(S(=O)(=O)O)cc(S(=O)(=O)O)cc4c3C2(C)C)/C=C/C2=[N+](CCS(=O)(=O)O)c3ccc4c(C)cc(S(=O)(=O)O)cc4c3C2(C)C)nc1. The van der Waals surface area contributed by atoms with Gasteiger partial charge in [-0.25, -0.2) is 0 Å². The van der Waals surface area contributed by atoms with Crippen LogP contribution in [-0.2, 0) is 61.4 Å². The predicted octanol–water partition coefficient (Wildman–Crippen LogP) is 5.27. The summed E-state index contributed by atoms with van der Waals surface area (Å²) < 4.78 is 176. The third-order valence-corrected chi connectivity index (χ3v) is 16.5. The first-order valence-corrected chi connectivity index (χ1v) is 28.9. The molecule has 380 valence electrons. The number of rotatable bonds is 15. The largest absolute Gasteiger partial charge is 0.343 e. The molecule has 0 saturated heterocycles. The lowest BCUT2D eigenvalue weighted by molar-refractivity contribution is -0.432. The number of nitrogens with one attached hydrogen (secondary N) is 1. The Morgan fingerprint density at radius 1 is 0.750 bits per heavy atom. The topological polar surface area (TPSA) is 320 Å². The van der Waals surface area contributed by atoms with Crippen LogP contribution in [0.3, 0.4) is 0 Å². The van der Waals surface area contributed by atoms with Gasteiger partial charge in [0.25, 0.3) is 56.5 Å². The molecule has 1 aromatic heterocycles. The highest BCUT2D eigenvalue weighted by molar-refractivity contribution is 7.87. The number of carbonyl (C=O) groups is 1. The number of anilines is 1. The Labute approximate surface area is 416 Å². The molecule has 0 spiro atoms. The van der Waals surface area contributed by atoms with Crippen molar-refractivity contribution < 1.29 is 74.2 Å². The number of hydrogen-bond acceptors (Lipinski definition) is 13. The number of amides is 1. The van der Waals surface area contributed by atoms with Crippen LogP contribution in [0.5, 0.6) is 0 Å². The number of hydrogen-bond donors (Lipinski definition) is 6. The van der Waals surface area contributed by atoms with Crippen LogP contribution in [0.1, 0.15) is 60.4 Å². The van der Waals surface area contributed by atoms with Crippen molar-refractivity contribution >= 4 is 101 Å². The van der Waals surface area contributed by atoms with E-state index >= 15 is 0 Å². The number of carbonyl (C=O) groups excluding carboxylic acids is 1. The van der Waals surface area contributed by atoms with Crippen LogP contribution < -0.4 is 10.2 Å². The Morgan fingerprint density at radius 3 is 1.93 bits per heavy atom. The minimum Gasteiger partial charge on any atom is -0.343 e. The molecule has 0 aliphatic carbocycles. The van der Waals surface area contributed by atoms with E-state index in [1.54, 1.807) is 75.6 Å². The summed E-state index contributed by atoms with van der Waals surface area (Å²) in [7, 11) is -24.1. The van der Waals surface area contributed by atoms with Crippen molar-refractivity contribution in [2.45, 2.75) is 60.1 Å². The summed E-state index contributed by atoms with van der Waals surface area (Å²) in [4.78, 5) is 16.8. The smallest absolute Gasteiger partial charge is 0.295 e. The average molecular weight is 1080 g/mol. The van der Waals surface area contributed by atoms with E-state index in [1.807, 2.05) is 0 Å².